The topological polar surface area (TPSA) is 61.8 Å². The SMILES string of the molecule is COc1cccc2c1Cc1c(OC)c3c(c(OC)c1C2=O)CC(C(C)=O)CC3. The van der Waals surface area contributed by atoms with E-state index >= 15 is 0 Å². The lowest BCUT2D eigenvalue weighted by Crippen LogP contribution is -2.25. The molecule has 1 unspecified atom stereocenters. The van der Waals surface area contributed by atoms with Crippen LogP contribution in [0.3, 0.4) is 0 Å². The first-order valence-electron chi connectivity index (χ1n) is 9.51. The molecule has 2 aliphatic rings. The highest BCUT2D eigenvalue weighted by molar-refractivity contribution is 6.15. The fourth-order valence-corrected chi connectivity index (χ4v) is 4.70. The van der Waals surface area contributed by atoms with Crippen molar-refractivity contribution in [3.8, 4) is 17.2 Å². The van der Waals surface area contributed by atoms with E-state index in [1.807, 2.05) is 18.2 Å². The Balaban J connectivity index is 1.98. The van der Waals surface area contributed by atoms with Gasteiger partial charge in [-0.15, -0.1) is 0 Å². The normalized spacial score (nSPS) is 17.3. The predicted molar refractivity (Wildman–Crippen MR) is 105 cm³/mol. The number of carbonyl (C=O) groups excluding carboxylic acids is 2. The Morgan fingerprint density at radius 3 is 2.36 bits per heavy atom. The van der Waals surface area contributed by atoms with Crippen molar-refractivity contribution in [2.45, 2.75) is 32.6 Å². The third-order valence-corrected chi connectivity index (χ3v) is 6.07. The summed E-state index contributed by atoms with van der Waals surface area (Å²) in [5.41, 5.74) is 4.90. The molecule has 0 radical (unpaired) electrons. The van der Waals surface area contributed by atoms with Crippen LogP contribution in [-0.2, 0) is 24.1 Å². The molecule has 2 aromatic rings. The second-order valence-corrected chi connectivity index (χ2v) is 7.42. The van der Waals surface area contributed by atoms with Crippen molar-refractivity contribution in [2.75, 3.05) is 21.3 Å². The van der Waals surface area contributed by atoms with Crippen molar-refractivity contribution in [1.29, 1.82) is 0 Å². The van der Waals surface area contributed by atoms with Crippen LogP contribution < -0.4 is 14.2 Å². The zero-order chi connectivity index (χ0) is 20.0. The minimum absolute atomic E-state index is 0.0461. The van der Waals surface area contributed by atoms with Crippen molar-refractivity contribution >= 4 is 11.6 Å². The molecule has 28 heavy (non-hydrogen) atoms. The number of ether oxygens (including phenoxy) is 3. The molecule has 0 N–H and O–H groups in total. The average Bonchev–Trinajstić information content (AvgIpc) is 2.71. The molecule has 0 bridgehead atoms. The van der Waals surface area contributed by atoms with Crippen LogP contribution in [0, 0.1) is 5.92 Å². The molecule has 5 heteroatoms. The fourth-order valence-electron chi connectivity index (χ4n) is 4.70. The predicted octanol–water partition coefficient (Wildman–Crippen LogP) is 3.54. The molecular weight excluding hydrogens is 356 g/mol. The minimum Gasteiger partial charge on any atom is -0.496 e. The zero-order valence-corrected chi connectivity index (χ0v) is 16.7. The fraction of sp³-hybridized carbons (Fsp3) is 0.391. The quantitative estimate of drug-likeness (QED) is 0.693. The highest BCUT2D eigenvalue weighted by Crippen LogP contribution is 2.48. The molecule has 0 heterocycles. The lowest BCUT2D eigenvalue weighted by atomic mass is 9.75. The largest absolute Gasteiger partial charge is 0.496 e. The van der Waals surface area contributed by atoms with Gasteiger partial charge in [-0.05, 0) is 32.3 Å². The van der Waals surface area contributed by atoms with E-state index in [-0.39, 0.29) is 17.5 Å². The van der Waals surface area contributed by atoms with Crippen LogP contribution in [0.25, 0.3) is 0 Å². The van der Waals surface area contributed by atoms with E-state index in [9.17, 15) is 9.59 Å². The molecule has 0 aromatic heterocycles. The first-order chi connectivity index (χ1) is 13.5. The van der Waals surface area contributed by atoms with Gasteiger partial charge in [-0.1, -0.05) is 12.1 Å². The summed E-state index contributed by atoms with van der Waals surface area (Å²) < 4.78 is 17.1. The third-order valence-electron chi connectivity index (χ3n) is 6.07. The van der Waals surface area contributed by atoms with E-state index in [1.54, 1.807) is 28.3 Å². The molecule has 2 aliphatic carbocycles. The smallest absolute Gasteiger partial charge is 0.197 e. The Morgan fingerprint density at radius 1 is 0.964 bits per heavy atom. The van der Waals surface area contributed by atoms with Gasteiger partial charge in [0.2, 0.25) is 0 Å². The van der Waals surface area contributed by atoms with Crippen molar-refractivity contribution in [3.05, 3.63) is 51.6 Å². The molecule has 2 aromatic carbocycles. The standard InChI is InChI=1S/C23H24O5/c1-12(24)13-8-9-15-17(10-13)23(28-4)20-18(22(15)27-3)11-16-14(21(20)25)6-5-7-19(16)26-2/h5-7,13H,8-11H2,1-4H3. The van der Waals surface area contributed by atoms with Crippen molar-refractivity contribution in [3.63, 3.8) is 0 Å². The van der Waals surface area contributed by atoms with Gasteiger partial charge in [0.15, 0.2) is 5.78 Å². The maximum atomic E-state index is 13.5. The Hall–Kier alpha value is -2.82. The lowest BCUT2D eigenvalue weighted by Gasteiger charge is -2.32. The summed E-state index contributed by atoms with van der Waals surface area (Å²) in [6.07, 6.45) is 2.65. The van der Waals surface area contributed by atoms with Gasteiger partial charge in [-0.25, -0.2) is 0 Å². The van der Waals surface area contributed by atoms with Crippen LogP contribution in [-0.4, -0.2) is 32.9 Å². The van der Waals surface area contributed by atoms with E-state index in [0.29, 0.717) is 35.5 Å². The van der Waals surface area contributed by atoms with E-state index < -0.39 is 0 Å². The maximum absolute atomic E-state index is 13.5. The summed E-state index contributed by atoms with van der Waals surface area (Å²) in [4.78, 5) is 25.5. The molecule has 4 rings (SSSR count). The number of Topliss-reactive ketones (excluding diaryl/α,β-unsaturated/α-hetero) is 1. The molecule has 5 nitrogen and oxygen atoms in total. The monoisotopic (exact) mass is 380 g/mol. The molecular formula is C23H24O5. The highest BCUT2D eigenvalue weighted by Gasteiger charge is 2.37. The van der Waals surface area contributed by atoms with E-state index in [1.165, 1.54) is 0 Å². The molecule has 0 aliphatic heterocycles. The number of fused-ring (bicyclic) bond motifs is 3. The number of carbonyl (C=O) groups is 2. The maximum Gasteiger partial charge on any atom is 0.197 e. The highest BCUT2D eigenvalue weighted by atomic mass is 16.5. The van der Waals surface area contributed by atoms with Gasteiger partial charge in [0.25, 0.3) is 0 Å². The van der Waals surface area contributed by atoms with Gasteiger partial charge in [-0.3, -0.25) is 9.59 Å². The van der Waals surface area contributed by atoms with E-state index in [2.05, 4.69) is 0 Å². The van der Waals surface area contributed by atoms with Crippen LogP contribution in [0.4, 0.5) is 0 Å². The second-order valence-electron chi connectivity index (χ2n) is 7.42. The lowest BCUT2D eigenvalue weighted by molar-refractivity contribution is -0.121. The zero-order valence-electron chi connectivity index (χ0n) is 16.7. The molecule has 0 spiro atoms. The molecule has 0 fully saturated rings. The van der Waals surface area contributed by atoms with Crippen LogP contribution >= 0.6 is 0 Å². The van der Waals surface area contributed by atoms with Gasteiger partial charge >= 0.3 is 0 Å². The number of benzene rings is 2. The van der Waals surface area contributed by atoms with Gasteiger partial charge in [0, 0.05) is 40.2 Å². The molecule has 0 saturated heterocycles. The Bertz CT molecular complexity index is 989. The second kappa shape index (κ2) is 6.97. The van der Waals surface area contributed by atoms with E-state index in [4.69, 9.17) is 14.2 Å². The Labute approximate surface area is 164 Å². The molecule has 0 saturated carbocycles. The Kier molecular flexibility index (Phi) is 4.61. The van der Waals surface area contributed by atoms with Crippen molar-refractivity contribution in [2.24, 2.45) is 5.92 Å². The molecule has 146 valence electrons. The number of hydrogen-bond donors (Lipinski definition) is 0. The minimum atomic E-state index is -0.0851. The average molecular weight is 380 g/mol. The van der Waals surface area contributed by atoms with Gasteiger partial charge in [0.05, 0.1) is 26.9 Å². The van der Waals surface area contributed by atoms with Gasteiger partial charge in [0.1, 0.15) is 23.0 Å². The molecule has 1 atom stereocenters. The Morgan fingerprint density at radius 2 is 1.71 bits per heavy atom. The van der Waals surface area contributed by atoms with Gasteiger partial charge in [-0.2, -0.15) is 0 Å². The number of methoxy groups -OCH3 is 3. The first-order valence-corrected chi connectivity index (χ1v) is 9.51. The summed E-state index contributed by atoms with van der Waals surface area (Å²) in [7, 11) is 4.85. The van der Waals surface area contributed by atoms with Crippen LogP contribution in [0.15, 0.2) is 18.2 Å². The van der Waals surface area contributed by atoms with E-state index in [0.717, 1.165) is 40.8 Å². The summed E-state index contributed by atoms with van der Waals surface area (Å²) in [5, 5.41) is 0. The van der Waals surface area contributed by atoms with Gasteiger partial charge < -0.3 is 14.2 Å². The summed E-state index contributed by atoms with van der Waals surface area (Å²) in [5.74, 6) is 2.08. The van der Waals surface area contributed by atoms with Crippen LogP contribution in [0.1, 0.15) is 51.5 Å². The third kappa shape index (κ3) is 2.60. The summed E-state index contributed by atoms with van der Waals surface area (Å²) in [6.45, 7) is 1.63. The summed E-state index contributed by atoms with van der Waals surface area (Å²) in [6, 6.07) is 5.53. The molecule has 0 amide bonds. The number of hydrogen-bond acceptors (Lipinski definition) is 5. The van der Waals surface area contributed by atoms with Crippen LogP contribution in [0.5, 0.6) is 17.2 Å². The number of ketones is 2. The van der Waals surface area contributed by atoms with Crippen molar-refractivity contribution in [1.82, 2.24) is 0 Å². The number of rotatable bonds is 4. The summed E-state index contributed by atoms with van der Waals surface area (Å²) >= 11 is 0. The van der Waals surface area contributed by atoms with Crippen molar-refractivity contribution < 1.29 is 23.8 Å². The first kappa shape index (κ1) is 18.5. The van der Waals surface area contributed by atoms with Crippen LogP contribution in [0.2, 0.25) is 0 Å².